The molecule has 2 rings (SSSR count). The lowest BCUT2D eigenvalue weighted by molar-refractivity contribution is 0.0913. The number of nitrogens with one attached hydrogen (secondary N) is 1. The molecule has 1 nitrogen and oxygen atoms in total. The topological polar surface area (TPSA) is 12.0 Å². The Morgan fingerprint density at radius 1 is 1.25 bits per heavy atom. The van der Waals surface area contributed by atoms with Gasteiger partial charge in [-0.2, -0.15) is 0 Å². The molecule has 1 aromatic carbocycles. The average molecular weight is 294 g/mol. The molecule has 0 aliphatic heterocycles. The fourth-order valence-corrected chi connectivity index (χ4v) is 3.54. The molecule has 1 aliphatic rings. The van der Waals surface area contributed by atoms with Crippen molar-refractivity contribution in [3.05, 3.63) is 34.9 Å². The first kappa shape index (κ1) is 15.9. The molecular formula is C18H28ClN. The molecule has 0 aromatic heterocycles. The van der Waals surface area contributed by atoms with Crippen LogP contribution in [0, 0.1) is 11.8 Å². The van der Waals surface area contributed by atoms with Crippen LogP contribution in [0.2, 0.25) is 5.02 Å². The number of benzene rings is 1. The first-order valence-corrected chi connectivity index (χ1v) is 8.11. The summed E-state index contributed by atoms with van der Waals surface area (Å²) < 4.78 is 0. The zero-order chi connectivity index (χ0) is 15.0. The predicted octanol–water partition coefficient (Wildman–Crippen LogP) is 5.03. The molecule has 2 heteroatoms. The molecule has 20 heavy (non-hydrogen) atoms. The highest BCUT2D eigenvalue weighted by Gasteiger charge is 2.47. The molecule has 1 N–H and O–H groups in total. The molecule has 1 aromatic rings. The van der Waals surface area contributed by atoms with Crippen LogP contribution in [0.3, 0.4) is 0 Å². The molecule has 0 unspecified atom stereocenters. The molecule has 0 amide bonds. The van der Waals surface area contributed by atoms with E-state index in [2.05, 4.69) is 52.1 Å². The fourth-order valence-electron chi connectivity index (χ4n) is 3.20. The van der Waals surface area contributed by atoms with Gasteiger partial charge in [0, 0.05) is 22.5 Å². The third kappa shape index (κ3) is 3.38. The highest BCUT2D eigenvalue weighted by atomic mass is 35.5. The summed E-state index contributed by atoms with van der Waals surface area (Å²) in [6.45, 7) is 12.4. The Morgan fingerprint density at radius 3 is 2.35 bits per heavy atom. The second-order valence-corrected chi connectivity index (χ2v) is 8.18. The summed E-state index contributed by atoms with van der Waals surface area (Å²) in [5, 5.41) is 4.61. The summed E-state index contributed by atoms with van der Waals surface area (Å²) >= 11 is 6.47. The molecule has 1 saturated carbocycles. The lowest BCUT2D eigenvalue weighted by atomic mass is 9.55. The van der Waals surface area contributed by atoms with E-state index in [0.717, 1.165) is 23.4 Å². The molecule has 0 radical (unpaired) electrons. The standard InChI is InChI=1S/C18H28ClN/c1-13(2)14-10-18(11-14,12-20-17(3,4)5)15-8-6-7-9-16(15)19/h6-9,13-14,20H,10-12H2,1-5H3. The molecular weight excluding hydrogens is 266 g/mol. The second-order valence-electron chi connectivity index (χ2n) is 7.78. The van der Waals surface area contributed by atoms with E-state index in [4.69, 9.17) is 11.6 Å². The van der Waals surface area contributed by atoms with Crippen LogP contribution in [0.4, 0.5) is 0 Å². The Bertz CT molecular complexity index is 453. The highest BCUT2D eigenvalue weighted by molar-refractivity contribution is 6.31. The minimum absolute atomic E-state index is 0.150. The van der Waals surface area contributed by atoms with Gasteiger partial charge in [-0.3, -0.25) is 0 Å². The number of hydrogen-bond acceptors (Lipinski definition) is 1. The van der Waals surface area contributed by atoms with Gasteiger partial charge in [-0.25, -0.2) is 0 Å². The van der Waals surface area contributed by atoms with E-state index in [1.54, 1.807) is 0 Å². The van der Waals surface area contributed by atoms with Crippen molar-refractivity contribution in [3.63, 3.8) is 0 Å². The van der Waals surface area contributed by atoms with Crippen LogP contribution in [0.5, 0.6) is 0 Å². The van der Waals surface area contributed by atoms with Gasteiger partial charge in [-0.15, -0.1) is 0 Å². The fraction of sp³-hybridized carbons (Fsp3) is 0.667. The van der Waals surface area contributed by atoms with Gasteiger partial charge in [0.1, 0.15) is 0 Å². The lowest BCUT2D eigenvalue weighted by Crippen LogP contribution is -2.53. The van der Waals surface area contributed by atoms with E-state index in [1.807, 2.05) is 12.1 Å². The van der Waals surface area contributed by atoms with Crippen molar-refractivity contribution in [3.8, 4) is 0 Å². The van der Waals surface area contributed by atoms with Crippen molar-refractivity contribution in [2.24, 2.45) is 11.8 Å². The van der Waals surface area contributed by atoms with Crippen molar-refractivity contribution in [1.29, 1.82) is 0 Å². The van der Waals surface area contributed by atoms with Gasteiger partial charge in [0.2, 0.25) is 0 Å². The van der Waals surface area contributed by atoms with Gasteiger partial charge < -0.3 is 5.32 Å². The third-order valence-electron chi connectivity index (χ3n) is 4.65. The molecule has 0 spiro atoms. The molecule has 0 bridgehead atoms. The van der Waals surface area contributed by atoms with Crippen LogP contribution in [0.15, 0.2) is 24.3 Å². The molecule has 0 saturated heterocycles. The minimum Gasteiger partial charge on any atom is -0.311 e. The zero-order valence-electron chi connectivity index (χ0n) is 13.5. The Labute approximate surface area is 129 Å². The maximum atomic E-state index is 6.47. The van der Waals surface area contributed by atoms with Gasteiger partial charge in [-0.1, -0.05) is 43.6 Å². The van der Waals surface area contributed by atoms with Crippen molar-refractivity contribution < 1.29 is 0 Å². The molecule has 1 aliphatic carbocycles. The lowest BCUT2D eigenvalue weighted by Gasteiger charge is -2.51. The SMILES string of the molecule is CC(C)C1CC(CNC(C)(C)C)(c2ccccc2Cl)C1. The van der Waals surface area contributed by atoms with Crippen molar-refractivity contribution in [1.82, 2.24) is 5.32 Å². The van der Waals surface area contributed by atoms with Crippen LogP contribution in [0.25, 0.3) is 0 Å². The summed E-state index contributed by atoms with van der Waals surface area (Å²) in [5.41, 5.74) is 1.70. The summed E-state index contributed by atoms with van der Waals surface area (Å²) in [6.07, 6.45) is 2.50. The average Bonchev–Trinajstić information content (AvgIpc) is 2.27. The Balaban J connectivity index is 2.21. The van der Waals surface area contributed by atoms with E-state index in [-0.39, 0.29) is 11.0 Å². The van der Waals surface area contributed by atoms with Crippen molar-refractivity contribution in [2.45, 2.75) is 58.4 Å². The van der Waals surface area contributed by atoms with E-state index in [0.29, 0.717) is 0 Å². The van der Waals surface area contributed by atoms with E-state index in [9.17, 15) is 0 Å². The third-order valence-corrected chi connectivity index (χ3v) is 4.98. The first-order valence-electron chi connectivity index (χ1n) is 7.74. The van der Waals surface area contributed by atoms with Gasteiger partial charge in [0.05, 0.1) is 0 Å². The normalized spacial score (nSPS) is 26.6. The van der Waals surface area contributed by atoms with Gasteiger partial charge in [0.15, 0.2) is 0 Å². The number of rotatable bonds is 4. The quantitative estimate of drug-likeness (QED) is 0.821. The second kappa shape index (κ2) is 5.69. The summed E-state index contributed by atoms with van der Waals surface area (Å²) in [7, 11) is 0. The van der Waals surface area contributed by atoms with Crippen LogP contribution in [0.1, 0.15) is 53.0 Å². The Morgan fingerprint density at radius 2 is 1.85 bits per heavy atom. The Hall–Kier alpha value is -0.530. The highest BCUT2D eigenvalue weighted by Crippen LogP contribution is 2.52. The maximum Gasteiger partial charge on any atom is 0.0444 e. The van der Waals surface area contributed by atoms with Crippen molar-refractivity contribution >= 4 is 11.6 Å². The smallest absolute Gasteiger partial charge is 0.0444 e. The van der Waals surface area contributed by atoms with Crippen molar-refractivity contribution in [2.75, 3.05) is 6.54 Å². The van der Waals surface area contributed by atoms with Crippen LogP contribution in [-0.2, 0) is 5.41 Å². The Kier molecular flexibility index (Phi) is 4.51. The summed E-state index contributed by atoms with van der Waals surface area (Å²) in [6, 6.07) is 8.37. The monoisotopic (exact) mass is 293 g/mol. The molecule has 1 fully saturated rings. The summed E-state index contributed by atoms with van der Waals surface area (Å²) in [5.74, 6) is 1.59. The van der Waals surface area contributed by atoms with E-state index in [1.165, 1.54) is 18.4 Å². The maximum absolute atomic E-state index is 6.47. The van der Waals surface area contributed by atoms with E-state index < -0.39 is 0 Å². The number of hydrogen-bond donors (Lipinski definition) is 1. The summed E-state index contributed by atoms with van der Waals surface area (Å²) in [4.78, 5) is 0. The van der Waals surface area contributed by atoms with Gasteiger partial charge >= 0.3 is 0 Å². The van der Waals surface area contributed by atoms with Crippen LogP contribution < -0.4 is 5.32 Å². The van der Waals surface area contributed by atoms with Crippen LogP contribution >= 0.6 is 11.6 Å². The number of halogens is 1. The molecule has 0 heterocycles. The van der Waals surface area contributed by atoms with Gasteiger partial charge in [-0.05, 0) is 57.1 Å². The van der Waals surface area contributed by atoms with Gasteiger partial charge in [0.25, 0.3) is 0 Å². The molecule has 0 atom stereocenters. The predicted molar refractivity (Wildman–Crippen MR) is 88.4 cm³/mol. The van der Waals surface area contributed by atoms with Crippen LogP contribution in [-0.4, -0.2) is 12.1 Å². The van der Waals surface area contributed by atoms with E-state index >= 15 is 0 Å². The minimum atomic E-state index is 0.150. The largest absolute Gasteiger partial charge is 0.311 e. The first-order chi connectivity index (χ1) is 9.23. The zero-order valence-corrected chi connectivity index (χ0v) is 14.2. The molecule has 112 valence electrons.